The van der Waals surface area contributed by atoms with Gasteiger partial charge in [0.25, 0.3) is 5.91 Å². The highest BCUT2D eigenvalue weighted by atomic mass is 79.9. The van der Waals surface area contributed by atoms with Gasteiger partial charge in [-0.1, -0.05) is 11.6 Å². The van der Waals surface area contributed by atoms with Gasteiger partial charge in [0.1, 0.15) is 0 Å². The quantitative estimate of drug-likeness (QED) is 0.446. The Labute approximate surface area is 139 Å². The van der Waals surface area contributed by atoms with Crippen molar-refractivity contribution in [3.63, 3.8) is 0 Å². The zero-order valence-corrected chi connectivity index (χ0v) is 14.1. The number of carbonyl (C=O) groups is 1. The van der Waals surface area contributed by atoms with Crippen LogP contribution in [0.5, 0.6) is 0 Å². The smallest absolute Gasteiger partial charge is 0.367 e. The minimum atomic E-state index is -5.14. The van der Waals surface area contributed by atoms with Gasteiger partial charge in [0.15, 0.2) is 9.84 Å². The van der Waals surface area contributed by atoms with Crippen LogP contribution in [-0.4, -0.2) is 41.2 Å². The first-order valence-corrected chi connectivity index (χ1v) is 8.40. The van der Waals surface area contributed by atoms with Gasteiger partial charge in [0, 0.05) is 6.42 Å². The highest BCUT2D eigenvalue weighted by Gasteiger charge is 2.57. The van der Waals surface area contributed by atoms with Crippen LogP contribution in [0.15, 0.2) is 0 Å². The van der Waals surface area contributed by atoms with Gasteiger partial charge in [-0.2, -0.15) is 30.7 Å². The van der Waals surface area contributed by atoms with Gasteiger partial charge in [-0.05, 0) is 22.4 Å². The summed E-state index contributed by atoms with van der Waals surface area (Å²) >= 11 is 6.70. The summed E-state index contributed by atoms with van der Waals surface area (Å²) in [6, 6.07) is 0. The summed E-state index contributed by atoms with van der Waals surface area (Å²) in [5, 5.41) is 0. The monoisotopic (exact) mass is 459 g/mol. The summed E-state index contributed by atoms with van der Waals surface area (Å²) in [7, 11) is -5.14. The van der Waals surface area contributed by atoms with E-state index in [-0.39, 0.29) is 0 Å². The molecule has 0 aromatic heterocycles. The number of amides is 1. The maximum atomic E-state index is 13.1. The molecular weight excluding hydrogens is 451 g/mol. The lowest BCUT2D eigenvalue weighted by Crippen LogP contribution is -2.49. The maximum Gasteiger partial charge on any atom is 0.390 e. The van der Waals surface area contributed by atoms with E-state index in [2.05, 4.69) is 5.73 Å². The van der Waals surface area contributed by atoms with E-state index in [1.165, 1.54) is 15.9 Å². The van der Waals surface area contributed by atoms with Gasteiger partial charge in [-0.3, -0.25) is 4.79 Å². The number of alkyl halides is 9. The molecule has 0 saturated carbocycles. The Kier molecular flexibility index (Phi) is 6.81. The topological polar surface area (TPSA) is 77.2 Å². The predicted octanol–water partition coefficient (Wildman–Crippen LogP) is 3.18. The van der Waals surface area contributed by atoms with Crippen molar-refractivity contribution >= 4 is 43.3 Å². The average molecular weight is 461 g/mol. The highest BCUT2D eigenvalue weighted by Crippen LogP contribution is 2.45. The van der Waals surface area contributed by atoms with Crippen molar-refractivity contribution < 1.29 is 43.9 Å². The summed E-state index contributed by atoms with van der Waals surface area (Å²) in [6.07, 6.45) is -10.4. The second kappa shape index (κ2) is 6.90. The van der Waals surface area contributed by atoms with E-state index >= 15 is 0 Å². The molecule has 0 bridgehead atoms. The van der Waals surface area contributed by atoms with Crippen molar-refractivity contribution in [3.8, 4) is 0 Å². The van der Waals surface area contributed by atoms with Crippen molar-refractivity contribution in [1.82, 2.24) is 0 Å². The molecule has 0 aliphatic heterocycles. The molecule has 0 aromatic rings. The number of nitrogens with two attached hydrogens (primary N) is 1. The average Bonchev–Trinajstić information content (AvgIpc) is 2.31. The van der Waals surface area contributed by atoms with E-state index < -0.39 is 61.9 Å². The summed E-state index contributed by atoms with van der Waals surface area (Å²) in [5.74, 6) is -8.46. The number of sulfone groups is 1. The third-order valence-electron chi connectivity index (χ3n) is 2.69. The van der Waals surface area contributed by atoms with Crippen LogP contribution in [-0.2, 0) is 14.6 Å². The van der Waals surface area contributed by atoms with Crippen molar-refractivity contribution in [1.29, 1.82) is 0 Å². The normalized spacial score (nSPS) is 16.9. The zero-order chi connectivity index (χ0) is 18.9. The molecule has 0 spiro atoms. The summed E-state index contributed by atoms with van der Waals surface area (Å²) < 4.78 is 108. The second-order valence-electron chi connectivity index (χ2n) is 4.48. The number of hydrogen-bond acceptors (Lipinski definition) is 3. The van der Waals surface area contributed by atoms with Crippen LogP contribution in [0, 0.1) is 0 Å². The molecule has 1 atom stereocenters. The maximum absolute atomic E-state index is 13.1. The van der Waals surface area contributed by atoms with Gasteiger partial charge in [-0.15, -0.1) is 0 Å². The summed E-state index contributed by atoms with van der Waals surface area (Å²) in [4.78, 5) is 6.40. The Bertz CT molecular complexity index is 548. The van der Waals surface area contributed by atoms with E-state index in [4.69, 9.17) is 11.6 Å². The molecule has 1 unspecified atom stereocenters. The molecule has 14 heteroatoms. The van der Waals surface area contributed by atoms with Crippen molar-refractivity contribution in [3.05, 3.63) is 0 Å². The van der Waals surface area contributed by atoms with Crippen LogP contribution < -0.4 is 5.73 Å². The molecule has 0 aliphatic carbocycles. The van der Waals surface area contributed by atoms with Crippen LogP contribution in [0.25, 0.3) is 0 Å². The molecule has 0 saturated heterocycles. The van der Waals surface area contributed by atoms with E-state index in [1.807, 2.05) is 0 Å². The summed E-state index contributed by atoms with van der Waals surface area (Å²) in [6.45, 7) is 0. The minimum Gasteiger partial charge on any atom is -0.367 e. The number of carbonyl (C=O) groups excluding carboxylic acids is 1. The van der Waals surface area contributed by atoms with Gasteiger partial charge < -0.3 is 5.73 Å². The lowest BCUT2D eigenvalue weighted by molar-refractivity contribution is -0.152. The van der Waals surface area contributed by atoms with E-state index in [1.54, 1.807) is 0 Å². The fraction of sp³-hybridized carbons (Fsp3) is 0.889. The highest BCUT2D eigenvalue weighted by molar-refractivity contribution is 9.10. The van der Waals surface area contributed by atoms with Crippen LogP contribution in [0.4, 0.5) is 30.7 Å². The summed E-state index contributed by atoms with van der Waals surface area (Å²) in [5.41, 5.74) is 4.66. The van der Waals surface area contributed by atoms with Crippen LogP contribution >= 0.6 is 27.5 Å². The molecule has 2 N–H and O–H groups in total. The van der Waals surface area contributed by atoms with Gasteiger partial charge in [0.05, 0.1) is 12.2 Å². The SMILES string of the molecule is NC(=O)C(Cl)(CCC(F)(F)C(F)(F)Br)S(=O)(=O)CCC(F)(F)F. The van der Waals surface area contributed by atoms with Gasteiger partial charge >= 0.3 is 16.9 Å². The Balaban J connectivity index is 5.41. The lowest BCUT2D eigenvalue weighted by atomic mass is 10.1. The molecule has 0 aromatic carbocycles. The molecular formula is C9H10BrClF7NO3S. The van der Waals surface area contributed by atoms with Gasteiger partial charge in [-0.25, -0.2) is 8.42 Å². The first-order chi connectivity index (χ1) is 9.86. The first kappa shape index (κ1) is 22.7. The molecule has 0 fully saturated rings. The van der Waals surface area contributed by atoms with Crippen molar-refractivity contribution in [2.24, 2.45) is 5.73 Å². The molecule has 23 heavy (non-hydrogen) atoms. The van der Waals surface area contributed by atoms with Crippen LogP contribution in [0.2, 0.25) is 0 Å². The number of primary amides is 1. The van der Waals surface area contributed by atoms with Crippen molar-refractivity contribution in [2.45, 2.75) is 40.4 Å². The lowest BCUT2D eigenvalue weighted by Gasteiger charge is -2.27. The third kappa shape index (κ3) is 5.93. The molecule has 0 heterocycles. The molecule has 1 amide bonds. The van der Waals surface area contributed by atoms with Crippen LogP contribution in [0.3, 0.4) is 0 Å². The molecule has 138 valence electrons. The molecule has 0 rings (SSSR count). The fourth-order valence-corrected chi connectivity index (χ4v) is 3.37. The van der Waals surface area contributed by atoms with E-state index in [0.717, 1.165) is 0 Å². The molecule has 0 aliphatic rings. The Morgan fingerprint density at radius 2 is 1.43 bits per heavy atom. The molecule has 0 radical (unpaired) electrons. The van der Waals surface area contributed by atoms with E-state index in [0.29, 0.717) is 0 Å². The predicted molar refractivity (Wildman–Crippen MR) is 70.3 cm³/mol. The largest absolute Gasteiger partial charge is 0.390 e. The number of hydrogen-bond donors (Lipinski definition) is 1. The Hall–Kier alpha value is -0.300. The fourth-order valence-electron chi connectivity index (χ4n) is 1.30. The number of rotatable bonds is 8. The number of halogens is 9. The standard InChI is InChI=1S/C9H10BrClF7NO3S/c10-9(17,18)7(12,13)2-1-6(11,5(19)20)23(21,22)4-3-8(14,15)16/h1-4H2,(H2,19,20). The Morgan fingerprint density at radius 1 is 1.00 bits per heavy atom. The minimum absolute atomic E-state index is 1.37. The van der Waals surface area contributed by atoms with Gasteiger partial charge in [0.2, 0.25) is 4.21 Å². The third-order valence-corrected chi connectivity index (χ3v) is 6.48. The van der Waals surface area contributed by atoms with E-state index in [9.17, 15) is 43.9 Å². The second-order valence-corrected chi connectivity index (χ2v) is 8.68. The van der Waals surface area contributed by atoms with Crippen molar-refractivity contribution in [2.75, 3.05) is 5.75 Å². The van der Waals surface area contributed by atoms with Crippen LogP contribution in [0.1, 0.15) is 19.3 Å². The zero-order valence-electron chi connectivity index (χ0n) is 10.9. The molecule has 4 nitrogen and oxygen atoms in total. The Morgan fingerprint density at radius 3 is 1.74 bits per heavy atom. The first-order valence-electron chi connectivity index (χ1n) is 5.58.